The van der Waals surface area contributed by atoms with Gasteiger partial charge in [0, 0.05) is 24.7 Å². The molecular formula is C21H24N2O4. The van der Waals surface area contributed by atoms with Crippen LogP contribution in [-0.4, -0.2) is 32.1 Å². The van der Waals surface area contributed by atoms with Gasteiger partial charge in [-0.15, -0.1) is 0 Å². The number of hydrogen-bond donors (Lipinski definition) is 1. The predicted molar refractivity (Wildman–Crippen MR) is 105 cm³/mol. The molecule has 6 heteroatoms. The summed E-state index contributed by atoms with van der Waals surface area (Å²) in [7, 11) is 1.55. The molecular weight excluding hydrogens is 344 g/mol. The Labute approximate surface area is 159 Å². The molecule has 2 amide bonds. The summed E-state index contributed by atoms with van der Waals surface area (Å²) in [5, 5.41) is 2.79. The van der Waals surface area contributed by atoms with E-state index in [1.54, 1.807) is 30.2 Å². The molecule has 27 heavy (non-hydrogen) atoms. The number of hydrogen-bond acceptors (Lipinski definition) is 4. The van der Waals surface area contributed by atoms with E-state index in [1.165, 1.54) is 5.56 Å². The van der Waals surface area contributed by atoms with Gasteiger partial charge in [0.2, 0.25) is 5.91 Å². The molecule has 1 saturated heterocycles. The van der Waals surface area contributed by atoms with Crippen molar-refractivity contribution in [2.45, 2.75) is 26.7 Å². The second kappa shape index (κ2) is 8.12. The number of rotatable bonds is 6. The van der Waals surface area contributed by atoms with Gasteiger partial charge in [0.05, 0.1) is 12.8 Å². The Morgan fingerprint density at radius 2 is 1.96 bits per heavy atom. The van der Waals surface area contributed by atoms with E-state index in [0.717, 1.165) is 17.7 Å². The molecule has 1 N–H and O–H groups in total. The van der Waals surface area contributed by atoms with E-state index in [-0.39, 0.29) is 18.4 Å². The first kappa shape index (κ1) is 18.8. The van der Waals surface area contributed by atoms with Gasteiger partial charge < -0.3 is 19.7 Å². The lowest BCUT2D eigenvalue weighted by Crippen LogP contribution is -2.24. The zero-order chi connectivity index (χ0) is 19.4. The molecule has 2 aromatic carbocycles. The number of carbonyl (C=O) groups is 2. The molecule has 0 atom stereocenters. The van der Waals surface area contributed by atoms with Gasteiger partial charge in [-0.2, -0.15) is 0 Å². The molecule has 0 aliphatic carbocycles. The Hall–Kier alpha value is -3.02. The van der Waals surface area contributed by atoms with Crippen molar-refractivity contribution < 1.29 is 19.1 Å². The first-order chi connectivity index (χ1) is 13.0. The van der Waals surface area contributed by atoms with Crippen molar-refractivity contribution >= 4 is 23.2 Å². The lowest BCUT2D eigenvalue weighted by Gasteiger charge is -2.19. The Kier molecular flexibility index (Phi) is 5.64. The Balaban J connectivity index is 1.63. The maximum absolute atomic E-state index is 12.2. The largest absolute Gasteiger partial charge is 0.494 e. The molecule has 1 aliphatic heterocycles. The van der Waals surface area contributed by atoms with Crippen LogP contribution >= 0.6 is 0 Å². The number of methoxy groups -OCH3 is 1. The Morgan fingerprint density at radius 1 is 1.15 bits per heavy atom. The van der Waals surface area contributed by atoms with Gasteiger partial charge in [-0.1, -0.05) is 6.07 Å². The van der Waals surface area contributed by atoms with E-state index in [2.05, 4.69) is 5.32 Å². The van der Waals surface area contributed by atoms with Crippen LogP contribution < -0.4 is 19.7 Å². The SMILES string of the molecule is COc1cc(NC(=O)COc2ccc(C)c(C)c2)ccc1N1CCCC1=O. The van der Waals surface area contributed by atoms with Gasteiger partial charge in [-0.25, -0.2) is 0 Å². The van der Waals surface area contributed by atoms with Crippen molar-refractivity contribution in [2.24, 2.45) is 0 Å². The van der Waals surface area contributed by atoms with Gasteiger partial charge >= 0.3 is 0 Å². The van der Waals surface area contributed by atoms with E-state index in [9.17, 15) is 9.59 Å². The fraction of sp³-hybridized carbons (Fsp3) is 0.333. The molecule has 6 nitrogen and oxygen atoms in total. The molecule has 0 bridgehead atoms. The average molecular weight is 368 g/mol. The maximum atomic E-state index is 12.2. The molecule has 0 unspecified atom stereocenters. The zero-order valence-corrected chi connectivity index (χ0v) is 15.9. The molecule has 1 fully saturated rings. The molecule has 142 valence electrons. The standard InChI is InChI=1S/C21H24N2O4/c1-14-6-8-17(11-15(14)2)27-13-20(24)22-16-7-9-18(19(12-16)26-3)23-10-4-5-21(23)25/h6-9,11-12H,4-5,10,13H2,1-3H3,(H,22,24). The molecule has 0 saturated carbocycles. The van der Waals surface area contributed by atoms with Crippen molar-refractivity contribution in [1.29, 1.82) is 0 Å². The van der Waals surface area contributed by atoms with Gasteiger partial charge in [-0.05, 0) is 55.7 Å². The van der Waals surface area contributed by atoms with E-state index in [4.69, 9.17) is 9.47 Å². The highest BCUT2D eigenvalue weighted by Crippen LogP contribution is 2.33. The molecule has 0 aromatic heterocycles. The molecule has 2 aromatic rings. The van der Waals surface area contributed by atoms with Crippen molar-refractivity contribution in [3.63, 3.8) is 0 Å². The highest BCUT2D eigenvalue weighted by molar-refractivity contribution is 5.98. The Bertz CT molecular complexity index is 863. The van der Waals surface area contributed by atoms with Crippen LogP contribution in [0, 0.1) is 13.8 Å². The lowest BCUT2D eigenvalue weighted by molar-refractivity contribution is -0.118. The average Bonchev–Trinajstić information content (AvgIpc) is 3.08. The second-order valence-corrected chi connectivity index (χ2v) is 6.62. The summed E-state index contributed by atoms with van der Waals surface area (Å²) >= 11 is 0. The van der Waals surface area contributed by atoms with Crippen LogP contribution in [0.4, 0.5) is 11.4 Å². The van der Waals surface area contributed by atoms with Gasteiger partial charge in [0.15, 0.2) is 6.61 Å². The normalized spacial score (nSPS) is 13.6. The minimum absolute atomic E-state index is 0.0861. The molecule has 1 aliphatic rings. The number of benzene rings is 2. The predicted octanol–water partition coefficient (Wildman–Crippen LogP) is 3.46. The summed E-state index contributed by atoms with van der Waals surface area (Å²) in [6.07, 6.45) is 1.40. The smallest absolute Gasteiger partial charge is 0.262 e. The third kappa shape index (κ3) is 4.39. The molecule has 0 spiro atoms. The minimum atomic E-state index is -0.264. The molecule has 1 heterocycles. The van der Waals surface area contributed by atoms with Gasteiger partial charge in [0.1, 0.15) is 11.5 Å². The second-order valence-electron chi connectivity index (χ2n) is 6.62. The number of nitrogens with one attached hydrogen (secondary N) is 1. The highest BCUT2D eigenvalue weighted by Gasteiger charge is 2.24. The minimum Gasteiger partial charge on any atom is -0.494 e. The van der Waals surface area contributed by atoms with E-state index < -0.39 is 0 Å². The number of nitrogens with zero attached hydrogens (tertiary/aromatic N) is 1. The number of aryl methyl sites for hydroxylation is 2. The summed E-state index contributed by atoms with van der Waals surface area (Å²) in [5.41, 5.74) is 3.61. The highest BCUT2D eigenvalue weighted by atomic mass is 16.5. The maximum Gasteiger partial charge on any atom is 0.262 e. The summed E-state index contributed by atoms with van der Waals surface area (Å²) in [6, 6.07) is 11.0. The lowest BCUT2D eigenvalue weighted by atomic mass is 10.1. The van der Waals surface area contributed by atoms with E-state index in [1.807, 2.05) is 32.0 Å². The quantitative estimate of drug-likeness (QED) is 0.848. The van der Waals surface area contributed by atoms with Crippen LogP contribution in [0.25, 0.3) is 0 Å². The van der Waals surface area contributed by atoms with Crippen LogP contribution in [0.1, 0.15) is 24.0 Å². The third-order valence-corrected chi connectivity index (χ3v) is 4.68. The van der Waals surface area contributed by atoms with Crippen LogP contribution in [0.15, 0.2) is 36.4 Å². The summed E-state index contributed by atoms with van der Waals surface area (Å²) in [4.78, 5) is 25.9. The zero-order valence-electron chi connectivity index (χ0n) is 15.9. The molecule has 0 radical (unpaired) electrons. The number of anilines is 2. The van der Waals surface area contributed by atoms with E-state index >= 15 is 0 Å². The number of carbonyl (C=O) groups excluding carboxylic acids is 2. The fourth-order valence-electron chi connectivity index (χ4n) is 3.03. The summed E-state index contributed by atoms with van der Waals surface area (Å²) in [5.74, 6) is 1.04. The van der Waals surface area contributed by atoms with Crippen molar-refractivity contribution in [3.05, 3.63) is 47.5 Å². The Morgan fingerprint density at radius 3 is 2.63 bits per heavy atom. The van der Waals surface area contributed by atoms with Crippen molar-refractivity contribution in [3.8, 4) is 11.5 Å². The topological polar surface area (TPSA) is 67.9 Å². The first-order valence-electron chi connectivity index (χ1n) is 8.96. The summed E-state index contributed by atoms with van der Waals surface area (Å²) < 4.78 is 11.0. The van der Waals surface area contributed by atoms with Gasteiger partial charge in [0.25, 0.3) is 5.91 Å². The van der Waals surface area contributed by atoms with E-state index in [0.29, 0.717) is 30.2 Å². The van der Waals surface area contributed by atoms with Crippen LogP contribution in [0.2, 0.25) is 0 Å². The number of ether oxygens (including phenoxy) is 2. The third-order valence-electron chi connectivity index (χ3n) is 4.68. The first-order valence-corrected chi connectivity index (χ1v) is 8.96. The summed E-state index contributed by atoms with van der Waals surface area (Å²) in [6.45, 7) is 4.63. The van der Waals surface area contributed by atoms with Gasteiger partial charge in [-0.3, -0.25) is 9.59 Å². The number of amides is 2. The van der Waals surface area contributed by atoms with Crippen molar-refractivity contribution in [1.82, 2.24) is 0 Å². The van der Waals surface area contributed by atoms with Crippen LogP contribution in [0.3, 0.4) is 0 Å². The monoisotopic (exact) mass is 368 g/mol. The fourth-order valence-corrected chi connectivity index (χ4v) is 3.03. The van der Waals surface area contributed by atoms with Crippen LogP contribution in [0.5, 0.6) is 11.5 Å². The van der Waals surface area contributed by atoms with Crippen LogP contribution in [-0.2, 0) is 9.59 Å². The molecule has 3 rings (SSSR count). The van der Waals surface area contributed by atoms with Crippen molar-refractivity contribution in [2.75, 3.05) is 30.5 Å².